The van der Waals surface area contributed by atoms with Crippen molar-refractivity contribution in [1.29, 1.82) is 0 Å². The van der Waals surface area contributed by atoms with Crippen molar-refractivity contribution in [3.63, 3.8) is 0 Å². The average Bonchev–Trinajstić information content (AvgIpc) is 3.31. The van der Waals surface area contributed by atoms with Crippen LogP contribution in [0, 0.1) is 5.41 Å². The number of nitrogens with zero attached hydrogens (tertiary/aromatic N) is 3. The normalized spacial score (nSPS) is 23.9. The number of anilines is 1. The molecule has 148 valence electrons. The molecule has 5 rings (SSSR count). The van der Waals surface area contributed by atoms with Gasteiger partial charge in [0.05, 0.1) is 6.61 Å². The fourth-order valence-electron chi connectivity index (χ4n) is 4.33. The van der Waals surface area contributed by atoms with Crippen molar-refractivity contribution in [2.45, 2.75) is 57.8 Å². The van der Waals surface area contributed by atoms with E-state index in [1.807, 2.05) is 24.0 Å². The molecule has 2 aliphatic heterocycles. The van der Waals surface area contributed by atoms with E-state index in [1.165, 1.54) is 24.0 Å². The first-order chi connectivity index (χ1) is 13.6. The Labute approximate surface area is 164 Å². The molecule has 1 amide bonds. The van der Waals surface area contributed by atoms with Crippen molar-refractivity contribution in [1.82, 2.24) is 15.1 Å². The number of hydrogen-bond donors (Lipinski definition) is 1. The lowest BCUT2D eigenvalue weighted by Gasteiger charge is -2.33. The molecule has 1 saturated heterocycles. The molecule has 1 spiro atoms. The number of hydrogen-bond acceptors (Lipinski definition) is 6. The van der Waals surface area contributed by atoms with E-state index in [2.05, 4.69) is 27.6 Å². The molecular weight excluding hydrogens is 356 g/mol. The Morgan fingerprint density at radius 3 is 2.68 bits per heavy atom. The molecule has 0 unspecified atom stereocenters. The summed E-state index contributed by atoms with van der Waals surface area (Å²) in [6, 6.07) is 8.10. The van der Waals surface area contributed by atoms with Crippen LogP contribution in [0.15, 0.2) is 28.7 Å². The van der Waals surface area contributed by atoms with Gasteiger partial charge in [0.1, 0.15) is 12.1 Å². The average molecular weight is 382 g/mol. The number of carbonyl (C=O) groups is 1. The van der Waals surface area contributed by atoms with Gasteiger partial charge in [0.15, 0.2) is 0 Å². The molecule has 7 nitrogen and oxygen atoms in total. The number of amides is 1. The highest BCUT2D eigenvalue weighted by Gasteiger charge is 2.45. The highest BCUT2D eigenvalue weighted by atomic mass is 16.5. The van der Waals surface area contributed by atoms with Crippen molar-refractivity contribution < 1.29 is 13.9 Å². The first kappa shape index (κ1) is 17.7. The topological polar surface area (TPSA) is 80.5 Å². The maximum absolute atomic E-state index is 12.7. The first-order valence-corrected chi connectivity index (χ1v) is 10.2. The Balaban J connectivity index is 1.19. The van der Waals surface area contributed by atoms with Crippen LogP contribution in [0.3, 0.4) is 0 Å². The molecule has 2 fully saturated rings. The first-order valence-electron chi connectivity index (χ1n) is 10.2. The summed E-state index contributed by atoms with van der Waals surface area (Å²) >= 11 is 0. The Bertz CT molecular complexity index is 866. The van der Waals surface area contributed by atoms with E-state index in [1.54, 1.807) is 0 Å². The van der Waals surface area contributed by atoms with E-state index in [9.17, 15) is 4.79 Å². The van der Waals surface area contributed by atoms with E-state index >= 15 is 0 Å². The maximum atomic E-state index is 12.7. The number of benzene rings is 1. The molecule has 0 radical (unpaired) electrons. The van der Waals surface area contributed by atoms with Gasteiger partial charge in [-0.1, -0.05) is 29.4 Å². The summed E-state index contributed by atoms with van der Waals surface area (Å²) in [6.07, 6.45) is 5.40. The minimum Gasteiger partial charge on any atom is -0.405 e. The van der Waals surface area contributed by atoms with E-state index in [0.29, 0.717) is 24.3 Å². The summed E-state index contributed by atoms with van der Waals surface area (Å²) in [4.78, 5) is 14.7. The molecule has 3 aliphatic rings. The van der Waals surface area contributed by atoms with Gasteiger partial charge in [-0.2, -0.15) is 0 Å². The Morgan fingerprint density at radius 1 is 1.18 bits per heavy atom. The smallest absolute Gasteiger partial charge is 0.316 e. The van der Waals surface area contributed by atoms with Crippen LogP contribution in [0.2, 0.25) is 0 Å². The summed E-state index contributed by atoms with van der Waals surface area (Å²) in [7, 11) is 0. The minimum atomic E-state index is -0.394. The molecule has 1 aromatic heterocycles. The SMILES string of the molecule is C[C@@H](Nc1nnc([C@@H]2Cc3ccccc3CO2)o1)C(=O)N1CCC2(CC1)CC2. The van der Waals surface area contributed by atoms with Gasteiger partial charge in [0.2, 0.25) is 11.8 Å². The lowest BCUT2D eigenvalue weighted by Crippen LogP contribution is -2.45. The molecule has 2 aromatic rings. The second-order valence-corrected chi connectivity index (χ2v) is 8.41. The largest absolute Gasteiger partial charge is 0.405 e. The molecule has 2 atom stereocenters. The monoisotopic (exact) mass is 382 g/mol. The number of carbonyl (C=O) groups excluding carboxylic acids is 1. The number of likely N-dealkylation sites (tertiary alicyclic amines) is 1. The zero-order valence-electron chi connectivity index (χ0n) is 16.2. The van der Waals surface area contributed by atoms with Gasteiger partial charge in [0, 0.05) is 19.5 Å². The van der Waals surface area contributed by atoms with Crippen LogP contribution in [-0.4, -0.2) is 40.1 Å². The van der Waals surface area contributed by atoms with E-state index in [0.717, 1.165) is 25.9 Å². The molecule has 1 N–H and O–H groups in total. The Hall–Kier alpha value is -2.41. The van der Waals surface area contributed by atoms with Crippen LogP contribution >= 0.6 is 0 Å². The summed E-state index contributed by atoms with van der Waals surface area (Å²) in [5.41, 5.74) is 3.01. The van der Waals surface area contributed by atoms with E-state index in [4.69, 9.17) is 9.15 Å². The van der Waals surface area contributed by atoms with Gasteiger partial charge in [-0.15, -0.1) is 5.10 Å². The standard InChI is InChI=1S/C21H26N4O3/c1-14(19(26)25-10-8-21(6-7-21)9-11-25)22-20-24-23-18(28-20)17-12-15-4-2-3-5-16(15)13-27-17/h2-5,14,17H,6-13H2,1H3,(H,22,24)/t14-,17+/m1/s1. The Morgan fingerprint density at radius 2 is 1.93 bits per heavy atom. The lowest BCUT2D eigenvalue weighted by atomic mass is 9.93. The second-order valence-electron chi connectivity index (χ2n) is 8.41. The van der Waals surface area contributed by atoms with Crippen molar-refractivity contribution in [2.24, 2.45) is 5.41 Å². The van der Waals surface area contributed by atoms with E-state index < -0.39 is 6.04 Å². The van der Waals surface area contributed by atoms with Crippen LogP contribution in [0.5, 0.6) is 0 Å². The molecule has 3 heterocycles. The predicted molar refractivity (Wildman–Crippen MR) is 103 cm³/mol. The molecule has 7 heteroatoms. The summed E-state index contributed by atoms with van der Waals surface area (Å²) in [5.74, 6) is 0.545. The third kappa shape index (κ3) is 3.39. The fourth-order valence-corrected chi connectivity index (χ4v) is 4.33. The number of piperidine rings is 1. The quantitative estimate of drug-likeness (QED) is 0.875. The van der Waals surface area contributed by atoms with Gasteiger partial charge in [0.25, 0.3) is 0 Å². The second kappa shape index (κ2) is 6.88. The molecule has 0 bridgehead atoms. The van der Waals surface area contributed by atoms with Gasteiger partial charge >= 0.3 is 6.01 Å². The van der Waals surface area contributed by atoms with Crippen molar-refractivity contribution >= 4 is 11.9 Å². The lowest BCUT2D eigenvalue weighted by molar-refractivity contribution is -0.133. The third-order valence-corrected chi connectivity index (χ3v) is 6.48. The van der Waals surface area contributed by atoms with Gasteiger partial charge in [-0.25, -0.2) is 0 Å². The highest BCUT2D eigenvalue weighted by Crippen LogP contribution is 2.53. The number of nitrogens with one attached hydrogen (secondary N) is 1. The highest BCUT2D eigenvalue weighted by molar-refractivity contribution is 5.83. The van der Waals surface area contributed by atoms with Crippen LogP contribution in [0.4, 0.5) is 6.01 Å². The van der Waals surface area contributed by atoms with Crippen LogP contribution in [0.1, 0.15) is 55.7 Å². The van der Waals surface area contributed by atoms with Crippen molar-refractivity contribution in [3.05, 3.63) is 41.3 Å². The molecule has 1 aromatic carbocycles. The molecular formula is C21H26N4O3. The zero-order valence-corrected chi connectivity index (χ0v) is 16.2. The van der Waals surface area contributed by atoms with E-state index in [-0.39, 0.29) is 18.0 Å². The van der Waals surface area contributed by atoms with Crippen LogP contribution in [0.25, 0.3) is 0 Å². The number of fused-ring (bicyclic) bond motifs is 1. The van der Waals surface area contributed by atoms with Crippen molar-refractivity contribution in [3.8, 4) is 0 Å². The predicted octanol–water partition coefficient (Wildman–Crippen LogP) is 3.09. The third-order valence-electron chi connectivity index (χ3n) is 6.48. The van der Waals surface area contributed by atoms with Crippen LogP contribution < -0.4 is 5.32 Å². The number of rotatable bonds is 4. The number of ether oxygens (including phenoxy) is 1. The maximum Gasteiger partial charge on any atom is 0.316 e. The summed E-state index contributed by atoms with van der Waals surface area (Å²) < 4.78 is 11.6. The minimum absolute atomic E-state index is 0.0955. The Kier molecular flexibility index (Phi) is 4.34. The summed E-state index contributed by atoms with van der Waals surface area (Å²) in [6.45, 7) is 4.10. The molecule has 1 saturated carbocycles. The molecule has 28 heavy (non-hydrogen) atoms. The van der Waals surface area contributed by atoms with Gasteiger partial charge in [-0.05, 0) is 49.1 Å². The summed E-state index contributed by atoms with van der Waals surface area (Å²) in [5, 5.41) is 11.3. The van der Waals surface area contributed by atoms with Crippen molar-refractivity contribution in [2.75, 3.05) is 18.4 Å². The van der Waals surface area contributed by atoms with Gasteiger partial charge < -0.3 is 19.4 Å². The zero-order chi connectivity index (χ0) is 19.1. The van der Waals surface area contributed by atoms with Crippen LogP contribution in [-0.2, 0) is 22.6 Å². The fraction of sp³-hybridized carbons (Fsp3) is 0.571. The molecule has 1 aliphatic carbocycles. The van der Waals surface area contributed by atoms with Gasteiger partial charge in [-0.3, -0.25) is 4.79 Å². The number of aromatic nitrogens is 2.